The van der Waals surface area contributed by atoms with E-state index in [2.05, 4.69) is 10.2 Å². The Morgan fingerprint density at radius 3 is 2.71 bits per heavy atom. The molecule has 0 spiro atoms. The van der Waals surface area contributed by atoms with Crippen molar-refractivity contribution in [2.75, 3.05) is 6.54 Å². The van der Waals surface area contributed by atoms with Gasteiger partial charge in [-0.05, 0) is 17.7 Å². The lowest BCUT2D eigenvalue weighted by molar-refractivity contribution is 0.335. The number of hydrogen-bond donors (Lipinski definition) is 0. The molecule has 0 bridgehead atoms. The van der Waals surface area contributed by atoms with Gasteiger partial charge in [0.25, 0.3) is 0 Å². The Balaban J connectivity index is 1.77. The molecule has 0 saturated heterocycles. The van der Waals surface area contributed by atoms with Crippen LogP contribution in [0.4, 0.5) is 0 Å². The molecule has 0 aliphatic carbocycles. The smallest absolute Gasteiger partial charge is 0.218 e. The molecular formula is C13H13N5O2S. The Morgan fingerprint density at radius 1 is 1.24 bits per heavy atom. The van der Waals surface area contributed by atoms with Gasteiger partial charge in [0.05, 0.1) is 23.9 Å². The average molecular weight is 303 g/mol. The van der Waals surface area contributed by atoms with Crippen molar-refractivity contribution in [3.8, 4) is 6.07 Å². The van der Waals surface area contributed by atoms with E-state index in [9.17, 15) is 8.42 Å². The quantitative estimate of drug-likeness (QED) is 0.823. The van der Waals surface area contributed by atoms with E-state index in [-0.39, 0.29) is 12.3 Å². The van der Waals surface area contributed by atoms with E-state index in [1.165, 1.54) is 4.31 Å². The number of rotatable bonds is 3. The van der Waals surface area contributed by atoms with Gasteiger partial charge in [0.15, 0.2) is 0 Å². The van der Waals surface area contributed by atoms with Crippen LogP contribution in [0.25, 0.3) is 0 Å². The van der Waals surface area contributed by atoms with E-state index >= 15 is 0 Å². The molecule has 0 N–H and O–H groups in total. The highest BCUT2D eigenvalue weighted by atomic mass is 32.2. The van der Waals surface area contributed by atoms with Crippen LogP contribution in [-0.4, -0.2) is 34.0 Å². The number of fused-ring (bicyclic) bond motifs is 1. The van der Waals surface area contributed by atoms with Crippen molar-refractivity contribution < 1.29 is 8.42 Å². The first-order valence-electron chi connectivity index (χ1n) is 6.42. The highest BCUT2D eigenvalue weighted by molar-refractivity contribution is 7.88. The highest BCUT2D eigenvalue weighted by Gasteiger charge is 2.27. The van der Waals surface area contributed by atoms with Crippen molar-refractivity contribution >= 4 is 10.0 Å². The topological polar surface area (TPSA) is 91.9 Å². The molecule has 8 heteroatoms. The summed E-state index contributed by atoms with van der Waals surface area (Å²) in [4.78, 5) is 0. The predicted octanol–water partition coefficient (Wildman–Crippen LogP) is 0.495. The van der Waals surface area contributed by atoms with Crippen LogP contribution in [0.15, 0.2) is 30.6 Å². The minimum Gasteiger partial charge on any atom is -0.315 e. The fraction of sp³-hybridized carbons (Fsp3) is 0.308. The molecule has 0 amide bonds. The Labute approximate surface area is 122 Å². The molecule has 7 nitrogen and oxygen atoms in total. The first-order chi connectivity index (χ1) is 10.1. The Kier molecular flexibility index (Phi) is 3.45. The van der Waals surface area contributed by atoms with Gasteiger partial charge >= 0.3 is 0 Å². The van der Waals surface area contributed by atoms with E-state index < -0.39 is 10.0 Å². The van der Waals surface area contributed by atoms with Crippen LogP contribution in [0.2, 0.25) is 0 Å². The molecule has 2 aromatic rings. The maximum Gasteiger partial charge on any atom is 0.218 e. The molecule has 21 heavy (non-hydrogen) atoms. The summed E-state index contributed by atoms with van der Waals surface area (Å²) in [5.74, 6) is 0.581. The summed E-state index contributed by atoms with van der Waals surface area (Å²) in [6.07, 6.45) is 1.61. The monoisotopic (exact) mass is 303 g/mol. The summed E-state index contributed by atoms with van der Waals surface area (Å²) in [6, 6.07) is 8.59. The zero-order chi connectivity index (χ0) is 14.9. The second kappa shape index (κ2) is 5.27. The molecule has 0 atom stereocenters. The molecule has 1 aromatic carbocycles. The molecule has 0 unspecified atom stereocenters. The van der Waals surface area contributed by atoms with Gasteiger partial charge in [0.2, 0.25) is 10.0 Å². The van der Waals surface area contributed by atoms with Crippen LogP contribution < -0.4 is 0 Å². The number of hydrogen-bond acceptors (Lipinski definition) is 5. The third-order valence-electron chi connectivity index (χ3n) is 3.43. The largest absolute Gasteiger partial charge is 0.315 e. The van der Waals surface area contributed by atoms with Crippen molar-refractivity contribution in [1.82, 2.24) is 19.1 Å². The van der Waals surface area contributed by atoms with Gasteiger partial charge in [-0.25, -0.2) is 8.42 Å². The molecule has 0 radical (unpaired) electrons. The summed E-state index contributed by atoms with van der Waals surface area (Å²) >= 11 is 0. The van der Waals surface area contributed by atoms with E-state index in [1.54, 1.807) is 30.6 Å². The molecule has 2 heterocycles. The standard InChI is InChI=1S/C13H13N5O2S/c14-7-11-1-3-12(4-2-11)9-21(19,20)18-6-5-17-10-15-16-13(17)8-18/h1-4,10H,5-6,8-9H2. The third kappa shape index (κ3) is 2.79. The summed E-state index contributed by atoms with van der Waals surface area (Å²) in [5.41, 5.74) is 1.18. The molecule has 0 saturated carbocycles. The molecule has 0 fully saturated rings. The number of nitriles is 1. The molecule has 1 aliphatic heterocycles. The van der Waals surface area contributed by atoms with Crippen LogP contribution >= 0.6 is 0 Å². The molecule has 3 rings (SSSR count). The van der Waals surface area contributed by atoms with E-state index in [0.717, 1.165) is 0 Å². The zero-order valence-corrected chi connectivity index (χ0v) is 12.0. The number of nitrogens with zero attached hydrogens (tertiary/aromatic N) is 5. The van der Waals surface area contributed by atoms with E-state index in [4.69, 9.17) is 5.26 Å². The molecule has 108 valence electrons. The lowest BCUT2D eigenvalue weighted by Gasteiger charge is -2.26. The predicted molar refractivity (Wildman–Crippen MR) is 74.2 cm³/mol. The first-order valence-corrected chi connectivity index (χ1v) is 8.03. The zero-order valence-electron chi connectivity index (χ0n) is 11.2. The van der Waals surface area contributed by atoms with Gasteiger partial charge < -0.3 is 4.57 Å². The number of sulfonamides is 1. The van der Waals surface area contributed by atoms with Gasteiger partial charge in [-0.3, -0.25) is 0 Å². The van der Waals surface area contributed by atoms with Crippen molar-refractivity contribution in [1.29, 1.82) is 5.26 Å². The van der Waals surface area contributed by atoms with Crippen LogP contribution in [-0.2, 0) is 28.9 Å². The fourth-order valence-corrected chi connectivity index (χ4v) is 3.73. The Morgan fingerprint density at radius 2 is 2.00 bits per heavy atom. The second-order valence-electron chi connectivity index (χ2n) is 4.84. The van der Waals surface area contributed by atoms with Crippen LogP contribution in [0.3, 0.4) is 0 Å². The highest BCUT2D eigenvalue weighted by Crippen LogP contribution is 2.17. The van der Waals surface area contributed by atoms with E-state index in [1.807, 2.05) is 10.6 Å². The maximum absolute atomic E-state index is 12.4. The summed E-state index contributed by atoms with van der Waals surface area (Å²) in [7, 11) is -3.41. The summed E-state index contributed by atoms with van der Waals surface area (Å²) < 4.78 is 28.2. The number of benzene rings is 1. The minimum atomic E-state index is -3.41. The van der Waals surface area contributed by atoms with Gasteiger partial charge in [-0.2, -0.15) is 9.57 Å². The lowest BCUT2D eigenvalue weighted by atomic mass is 10.2. The SMILES string of the molecule is N#Cc1ccc(CS(=O)(=O)N2CCn3cnnc3C2)cc1. The minimum absolute atomic E-state index is 0.0765. The van der Waals surface area contributed by atoms with Crippen LogP contribution in [0.1, 0.15) is 17.0 Å². The first kappa shape index (κ1) is 13.7. The van der Waals surface area contributed by atoms with Gasteiger partial charge in [-0.1, -0.05) is 12.1 Å². The average Bonchev–Trinajstić information content (AvgIpc) is 2.95. The van der Waals surface area contributed by atoms with Crippen molar-refractivity contribution in [2.24, 2.45) is 0 Å². The Bertz CT molecular complexity index is 789. The third-order valence-corrected chi connectivity index (χ3v) is 5.23. The van der Waals surface area contributed by atoms with Gasteiger partial charge in [0.1, 0.15) is 12.2 Å². The van der Waals surface area contributed by atoms with E-state index in [0.29, 0.717) is 30.0 Å². The summed E-state index contributed by atoms with van der Waals surface area (Å²) in [6.45, 7) is 1.23. The normalized spacial score (nSPS) is 15.4. The lowest BCUT2D eigenvalue weighted by Crippen LogP contribution is -2.38. The van der Waals surface area contributed by atoms with Crippen LogP contribution in [0.5, 0.6) is 0 Å². The molecule has 1 aliphatic rings. The fourth-order valence-electron chi connectivity index (χ4n) is 2.26. The number of aromatic nitrogens is 3. The Hall–Kier alpha value is -2.24. The van der Waals surface area contributed by atoms with Crippen molar-refractivity contribution in [2.45, 2.75) is 18.8 Å². The van der Waals surface area contributed by atoms with Gasteiger partial charge in [0, 0.05) is 13.1 Å². The molecule has 1 aromatic heterocycles. The van der Waals surface area contributed by atoms with Gasteiger partial charge in [-0.15, -0.1) is 10.2 Å². The van der Waals surface area contributed by atoms with Crippen molar-refractivity contribution in [3.63, 3.8) is 0 Å². The molecular weight excluding hydrogens is 290 g/mol. The maximum atomic E-state index is 12.4. The van der Waals surface area contributed by atoms with Crippen LogP contribution in [0, 0.1) is 11.3 Å². The summed E-state index contributed by atoms with van der Waals surface area (Å²) in [5, 5.41) is 16.5. The van der Waals surface area contributed by atoms with Crippen molar-refractivity contribution in [3.05, 3.63) is 47.5 Å². The second-order valence-corrected chi connectivity index (χ2v) is 6.81.